The van der Waals surface area contributed by atoms with E-state index in [0.717, 1.165) is 0 Å². The first-order chi connectivity index (χ1) is 21.6. The summed E-state index contributed by atoms with van der Waals surface area (Å²) in [7, 11) is 0. The number of fused-ring (bicyclic) bond motifs is 8. The van der Waals surface area contributed by atoms with E-state index in [2.05, 4.69) is 170 Å². The van der Waals surface area contributed by atoms with E-state index >= 15 is 0 Å². The molecule has 0 aliphatic heterocycles. The fraction of sp³-hybridized carbons (Fsp3) is 0.0698. The summed E-state index contributed by atoms with van der Waals surface area (Å²) in [6.07, 6.45) is 0. The molecule has 0 saturated carbocycles. The standard InChI is InChI=1S/C43H31N/c1-43(2)39-27-31(28-11-5-3-6-12-28)18-22-35(39)37-23-19-32-25-29(17-21-34(32)42(37)43)30-20-24-41-38(26-30)36-15-9-10-16-40(36)44(41)33-13-7-4-8-14-33/h3-27H,1-2H3. The Labute approximate surface area is 257 Å². The third-order valence-corrected chi connectivity index (χ3v) is 9.76. The second-order valence-electron chi connectivity index (χ2n) is 12.6. The Morgan fingerprint density at radius 1 is 0.432 bits per heavy atom. The molecule has 7 aromatic carbocycles. The van der Waals surface area contributed by atoms with Crippen LogP contribution >= 0.6 is 0 Å². The van der Waals surface area contributed by atoms with Crippen molar-refractivity contribution in [3.63, 3.8) is 0 Å². The highest BCUT2D eigenvalue weighted by atomic mass is 15.0. The molecule has 44 heavy (non-hydrogen) atoms. The van der Waals surface area contributed by atoms with Crippen LogP contribution in [0.2, 0.25) is 0 Å². The minimum atomic E-state index is -0.0886. The molecule has 0 spiro atoms. The molecule has 0 bridgehead atoms. The zero-order valence-corrected chi connectivity index (χ0v) is 24.9. The molecule has 1 heterocycles. The maximum Gasteiger partial charge on any atom is 0.0541 e. The maximum absolute atomic E-state index is 2.41. The van der Waals surface area contributed by atoms with E-state index in [1.54, 1.807) is 0 Å². The fourth-order valence-electron chi connectivity index (χ4n) is 7.66. The lowest BCUT2D eigenvalue weighted by Gasteiger charge is -2.24. The van der Waals surface area contributed by atoms with E-state index < -0.39 is 0 Å². The number of benzene rings is 7. The van der Waals surface area contributed by atoms with Gasteiger partial charge in [-0.1, -0.05) is 123 Å². The lowest BCUT2D eigenvalue weighted by Crippen LogP contribution is -2.15. The first kappa shape index (κ1) is 25.1. The van der Waals surface area contributed by atoms with Crippen LogP contribution in [-0.2, 0) is 5.41 Å². The molecular weight excluding hydrogens is 530 g/mol. The molecule has 0 amide bonds. The Bertz CT molecular complexity index is 2390. The highest BCUT2D eigenvalue weighted by Gasteiger charge is 2.37. The molecule has 0 saturated heterocycles. The van der Waals surface area contributed by atoms with E-state index in [1.165, 1.54) is 82.8 Å². The predicted octanol–water partition coefficient (Wildman–Crippen LogP) is 11.6. The number of para-hydroxylation sites is 2. The SMILES string of the molecule is CC1(C)c2cc(-c3ccccc3)ccc2-c2ccc3cc(-c4ccc5c(c4)c4ccccc4n5-c4ccccc4)ccc3c21. The third-order valence-electron chi connectivity index (χ3n) is 9.76. The van der Waals surface area contributed by atoms with Crippen LogP contribution in [0.25, 0.3) is 71.6 Å². The van der Waals surface area contributed by atoms with E-state index in [1.807, 2.05) is 0 Å². The molecule has 1 aromatic heterocycles. The Morgan fingerprint density at radius 3 is 1.91 bits per heavy atom. The number of rotatable bonds is 3. The van der Waals surface area contributed by atoms with E-state index in [4.69, 9.17) is 0 Å². The monoisotopic (exact) mass is 561 g/mol. The summed E-state index contributed by atoms with van der Waals surface area (Å²) in [5, 5.41) is 5.19. The molecule has 9 rings (SSSR count). The Morgan fingerprint density at radius 2 is 1.07 bits per heavy atom. The normalized spacial score (nSPS) is 13.4. The van der Waals surface area contributed by atoms with E-state index in [-0.39, 0.29) is 5.41 Å². The van der Waals surface area contributed by atoms with Gasteiger partial charge < -0.3 is 4.57 Å². The lowest BCUT2D eigenvalue weighted by atomic mass is 9.79. The van der Waals surface area contributed by atoms with Gasteiger partial charge in [0.05, 0.1) is 11.0 Å². The minimum absolute atomic E-state index is 0.0886. The molecule has 208 valence electrons. The van der Waals surface area contributed by atoms with Crippen molar-refractivity contribution in [1.29, 1.82) is 0 Å². The van der Waals surface area contributed by atoms with Crippen molar-refractivity contribution < 1.29 is 0 Å². The van der Waals surface area contributed by atoms with Crippen molar-refractivity contribution in [2.24, 2.45) is 0 Å². The van der Waals surface area contributed by atoms with Gasteiger partial charge in [-0.05, 0) is 97.7 Å². The Kier molecular flexibility index (Phi) is 5.31. The summed E-state index contributed by atoms with van der Waals surface area (Å²) in [6, 6.07) is 55.8. The second-order valence-corrected chi connectivity index (χ2v) is 12.6. The summed E-state index contributed by atoms with van der Waals surface area (Å²) in [5.74, 6) is 0. The zero-order chi connectivity index (χ0) is 29.4. The molecule has 0 fully saturated rings. The maximum atomic E-state index is 2.41. The first-order valence-electron chi connectivity index (χ1n) is 15.4. The van der Waals surface area contributed by atoms with Gasteiger partial charge in [0.25, 0.3) is 0 Å². The highest BCUT2D eigenvalue weighted by molar-refractivity contribution is 6.10. The van der Waals surface area contributed by atoms with Gasteiger partial charge in [0, 0.05) is 21.9 Å². The summed E-state index contributed by atoms with van der Waals surface area (Å²) < 4.78 is 2.38. The molecule has 0 unspecified atom stereocenters. The molecule has 8 aromatic rings. The van der Waals surface area contributed by atoms with Gasteiger partial charge in [-0.2, -0.15) is 0 Å². The lowest BCUT2D eigenvalue weighted by molar-refractivity contribution is 0.666. The molecule has 0 atom stereocenters. The van der Waals surface area contributed by atoms with Crippen LogP contribution in [-0.4, -0.2) is 4.57 Å². The van der Waals surface area contributed by atoms with Gasteiger partial charge in [0.1, 0.15) is 0 Å². The average molecular weight is 562 g/mol. The summed E-state index contributed by atoms with van der Waals surface area (Å²) in [4.78, 5) is 0. The van der Waals surface area contributed by atoms with Crippen LogP contribution in [0.3, 0.4) is 0 Å². The van der Waals surface area contributed by atoms with Crippen LogP contribution < -0.4 is 0 Å². The van der Waals surface area contributed by atoms with Gasteiger partial charge in [0.2, 0.25) is 0 Å². The van der Waals surface area contributed by atoms with Gasteiger partial charge >= 0.3 is 0 Å². The van der Waals surface area contributed by atoms with Crippen LogP contribution in [0.15, 0.2) is 152 Å². The van der Waals surface area contributed by atoms with Crippen molar-refractivity contribution >= 4 is 32.6 Å². The average Bonchev–Trinajstić information content (AvgIpc) is 3.53. The number of hydrogen-bond donors (Lipinski definition) is 0. The quantitative estimate of drug-likeness (QED) is 0.202. The van der Waals surface area contributed by atoms with Crippen LogP contribution in [0.4, 0.5) is 0 Å². The third kappa shape index (κ3) is 3.59. The van der Waals surface area contributed by atoms with Crippen molar-refractivity contribution in [2.75, 3.05) is 0 Å². The predicted molar refractivity (Wildman–Crippen MR) is 187 cm³/mol. The van der Waals surface area contributed by atoms with Gasteiger partial charge in [-0.25, -0.2) is 0 Å². The van der Waals surface area contributed by atoms with Crippen LogP contribution in [0, 0.1) is 0 Å². The van der Waals surface area contributed by atoms with Crippen LogP contribution in [0.5, 0.6) is 0 Å². The summed E-state index contributed by atoms with van der Waals surface area (Å²) in [5.41, 5.74) is 14.2. The molecule has 1 heteroatoms. The Balaban J connectivity index is 1.17. The van der Waals surface area contributed by atoms with Gasteiger partial charge in [-0.3, -0.25) is 0 Å². The largest absolute Gasteiger partial charge is 0.309 e. The highest BCUT2D eigenvalue weighted by Crippen LogP contribution is 2.52. The fourth-order valence-corrected chi connectivity index (χ4v) is 7.66. The summed E-state index contributed by atoms with van der Waals surface area (Å²) >= 11 is 0. The molecule has 1 nitrogen and oxygen atoms in total. The second kappa shape index (κ2) is 9.30. The van der Waals surface area contributed by atoms with Crippen molar-refractivity contribution in [2.45, 2.75) is 19.3 Å². The molecule has 1 aliphatic carbocycles. The smallest absolute Gasteiger partial charge is 0.0541 e. The van der Waals surface area contributed by atoms with Crippen LogP contribution in [0.1, 0.15) is 25.0 Å². The zero-order valence-electron chi connectivity index (χ0n) is 24.9. The van der Waals surface area contributed by atoms with E-state index in [0.29, 0.717) is 0 Å². The topological polar surface area (TPSA) is 4.93 Å². The van der Waals surface area contributed by atoms with E-state index in [9.17, 15) is 0 Å². The number of hydrogen-bond acceptors (Lipinski definition) is 0. The van der Waals surface area contributed by atoms with Gasteiger partial charge in [-0.15, -0.1) is 0 Å². The molecule has 1 aliphatic rings. The molecular formula is C43H31N. The Hall–Kier alpha value is -5.40. The summed E-state index contributed by atoms with van der Waals surface area (Å²) in [6.45, 7) is 4.77. The first-order valence-corrected chi connectivity index (χ1v) is 15.4. The molecule has 0 radical (unpaired) electrons. The van der Waals surface area contributed by atoms with Crippen molar-refractivity contribution in [3.8, 4) is 39.1 Å². The minimum Gasteiger partial charge on any atom is -0.309 e. The molecule has 0 N–H and O–H groups in total. The van der Waals surface area contributed by atoms with Gasteiger partial charge in [0.15, 0.2) is 0 Å². The van der Waals surface area contributed by atoms with Crippen molar-refractivity contribution in [3.05, 3.63) is 163 Å². The van der Waals surface area contributed by atoms with Crippen molar-refractivity contribution in [1.82, 2.24) is 4.57 Å². The number of aromatic nitrogens is 1. The number of nitrogens with zero attached hydrogens (tertiary/aromatic N) is 1.